The number of para-hydroxylation sites is 1. The minimum atomic E-state index is -4.02. The van der Waals surface area contributed by atoms with Crippen molar-refractivity contribution < 1.29 is 18.0 Å². The first-order valence-electron chi connectivity index (χ1n) is 11.4. The number of anilines is 2. The number of hydrogen-bond acceptors (Lipinski definition) is 4. The van der Waals surface area contributed by atoms with Crippen LogP contribution in [0, 0.1) is 19.8 Å². The van der Waals surface area contributed by atoms with Gasteiger partial charge in [0.05, 0.1) is 21.8 Å². The molecule has 0 bridgehead atoms. The number of nitrogens with zero attached hydrogens (tertiary/aromatic N) is 1. The lowest BCUT2D eigenvalue weighted by Gasteiger charge is -2.25. The van der Waals surface area contributed by atoms with Gasteiger partial charge in [-0.15, -0.1) is 0 Å². The van der Waals surface area contributed by atoms with Gasteiger partial charge in [-0.05, 0) is 67.3 Å². The molecular weight excluding hydrogens is 462 g/mol. The van der Waals surface area contributed by atoms with Crippen molar-refractivity contribution in [1.82, 2.24) is 5.32 Å². The minimum absolute atomic E-state index is 0.0829. The van der Waals surface area contributed by atoms with Gasteiger partial charge in [0.25, 0.3) is 15.9 Å². The molecule has 7 nitrogen and oxygen atoms in total. The average molecular weight is 494 g/mol. The number of sulfonamides is 1. The number of carbonyl (C=O) groups excluding carboxylic acids is 2. The van der Waals surface area contributed by atoms with Gasteiger partial charge in [-0.25, -0.2) is 8.42 Å². The topological polar surface area (TPSA) is 95.6 Å². The van der Waals surface area contributed by atoms with Gasteiger partial charge in [0.1, 0.15) is 6.54 Å². The van der Waals surface area contributed by atoms with E-state index in [-0.39, 0.29) is 16.7 Å². The first-order valence-corrected chi connectivity index (χ1v) is 12.9. The van der Waals surface area contributed by atoms with Crippen molar-refractivity contribution >= 4 is 33.2 Å². The Bertz CT molecular complexity index is 1310. The predicted molar refractivity (Wildman–Crippen MR) is 139 cm³/mol. The third-order valence-electron chi connectivity index (χ3n) is 5.51. The van der Waals surface area contributed by atoms with Crippen molar-refractivity contribution in [3.8, 4) is 0 Å². The summed E-state index contributed by atoms with van der Waals surface area (Å²) >= 11 is 0. The van der Waals surface area contributed by atoms with E-state index in [0.29, 0.717) is 23.5 Å². The lowest BCUT2D eigenvalue weighted by molar-refractivity contribution is -0.114. The van der Waals surface area contributed by atoms with Crippen LogP contribution in [0.4, 0.5) is 11.4 Å². The molecular formula is C27H31N3O4S. The van der Waals surface area contributed by atoms with Crippen molar-refractivity contribution in [3.63, 3.8) is 0 Å². The van der Waals surface area contributed by atoms with Crippen LogP contribution in [0.25, 0.3) is 0 Å². The van der Waals surface area contributed by atoms with Crippen molar-refractivity contribution in [2.75, 3.05) is 22.7 Å². The smallest absolute Gasteiger partial charge is 0.264 e. The number of aryl methyl sites for hydroxylation is 2. The van der Waals surface area contributed by atoms with Crippen LogP contribution in [0.15, 0.2) is 77.7 Å². The lowest BCUT2D eigenvalue weighted by Crippen LogP contribution is -2.38. The molecule has 0 saturated carbocycles. The van der Waals surface area contributed by atoms with E-state index in [9.17, 15) is 18.0 Å². The third kappa shape index (κ3) is 6.48. The summed E-state index contributed by atoms with van der Waals surface area (Å²) in [7, 11) is -4.02. The first kappa shape index (κ1) is 26.0. The maximum Gasteiger partial charge on any atom is 0.264 e. The highest BCUT2D eigenvalue weighted by Crippen LogP contribution is 2.26. The molecule has 2 amide bonds. The molecule has 0 radical (unpaired) electrons. The van der Waals surface area contributed by atoms with Gasteiger partial charge in [0, 0.05) is 6.54 Å². The molecule has 0 heterocycles. The highest BCUT2D eigenvalue weighted by Gasteiger charge is 2.28. The van der Waals surface area contributed by atoms with Crippen molar-refractivity contribution in [2.45, 2.75) is 32.6 Å². The fourth-order valence-corrected chi connectivity index (χ4v) is 4.85. The van der Waals surface area contributed by atoms with E-state index in [1.165, 1.54) is 12.1 Å². The molecule has 0 unspecified atom stereocenters. The SMILES string of the molecule is Cc1ccc(N(CC(=O)Nc2ccccc2C(=O)NCC(C)C)S(=O)(=O)c2ccccc2)cc1C. The molecule has 3 aromatic carbocycles. The van der Waals surface area contributed by atoms with Crippen molar-refractivity contribution in [3.05, 3.63) is 89.5 Å². The third-order valence-corrected chi connectivity index (χ3v) is 7.30. The average Bonchev–Trinajstić information content (AvgIpc) is 2.83. The molecule has 3 aromatic rings. The van der Waals surface area contributed by atoms with Gasteiger partial charge in [0.15, 0.2) is 0 Å². The van der Waals surface area contributed by atoms with E-state index in [1.54, 1.807) is 54.6 Å². The summed E-state index contributed by atoms with van der Waals surface area (Å²) in [6, 6.07) is 19.9. The second-order valence-corrected chi connectivity index (χ2v) is 10.7. The highest BCUT2D eigenvalue weighted by atomic mass is 32.2. The molecule has 0 aliphatic rings. The molecule has 8 heteroatoms. The fraction of sp³-hybridized carbons (Fsp3) is 0.259. The lowest BCUT2D eigenvalue weighted by atomic mass is 10.1. The molecule has 2 N–H and O–H groups in total. The molecule has 0 aliphatic heterocycles. The molecule has 0 atom stereocenters. The molecule has 184 valence electrons. The molecule has 0 aliphatic carbocycles. The van der Waals surface area contributed by atoms with Crippen LogP contribution in [-0.4, -0.2) is 33.3 Å². The summed E-state index contributed by atoms with van der Waals surface area (Å²) in [5, 5.41) is 5.56. The summed E-state index contributed by atoms with van der Waals surface area (Å²) in [4.78, 5) is 25.8. The second kappa shape index (κ2) is 11.2. The number of hydrogen-bond donors (Lipinski definition) is 2. The van der Waals surface area contributed by atoms with E-state index in [1.807, 2.05) is 33.8 Å². The fourth-order valence-electron chi connectivity index (χ4n) is 3.42. The summed E-state index contributed by atoms with van der Waals surface area (Å²) in [5.74, 6) is -0.597. The van der Waals surface area contributed by atoms with Crippen molar-refractivity contribution in [2.24, 2.45) is 5.92 Å². The quantitative estimate of drug-likeness (QED) is 0.458. The van der Waals surface area contributed by atoms with Gasteiger partial charge >= 0.3 is 0 Å². The van der Waals surface area contributed by atoms with E-state index in [0.717, 1.165) is 15.4 Å². The molecule has 0 spiro atoms. The predicted octanol–water partition coefficient (Wildman–Crippen LogP) is 4.52. The zero-order valence-electron chi connectivity index (χ0n) is 20.4. The van der Waals surface area contributed by atoms with Crippen LogP contribution in [0.1, 0.15) is 35.3 Å². The van der Waals surface area contributed by atoms with Gasteiger partial charge in [0.2, 0.25) is 5.91 Å². The van der Waals surface area contributed by atoms with Crippen LogP contribution >= 0.6 is 0 Å². The maximum atomic E-state index is 13.5. The van der Waals surface area contributed by atoms with Crippen LogP contribution < -0.4 is 14.9 Å². The molecule has 3 rings (SSSR count). The standard InChI is InChI=1S/C27H31N3O4S/c1-19(2)17-28-27(32)24-12-8-9-13-25(24)29-26(31)18-30(22-15-14-20(3)21(4)16-22)35(33,34)23-10-6-5-7-11-23/h5-16,19H,17-18H2,1-4H3,(H,28,32)(H,29,31). The zero-order valence-corrected chi connectivity index (χ0v) is 21.2. The summed E-state index contributed by atoms with van der Waals surface area (Å²) in [6.07, 6.45) is 0. The van der Waals surface area contributed by atoms with Crippen LogP contribution in [0.3, 0.4) is 0 Å². The van der Waals surface area contributed by atoms with Gasteiger partial charge in [-0.1, -0.05) is 50.2 Å². The van der Waals surface area contributed by atoms with Crippen LogP contribution in [0.5, 0.6) is 0 Å². The van der Waals surface area contributed by atoms with Gasteiger partial charge in [-0.2, -0.15) is 0 Å². The van der Waals surface area contributed by atoms with Crippen LogP contribution in [0.2, 0.25) is 0 Å². The maximum absolute atomic E-state index is 13.5. The summed E-state index contributed by atoms with van der Waals surface area (Å²) in [6.45, 7) is 7.84. The zero-order chi connectivity index (χ0) is 25.6. The van der Waals surface area contributed by atoms with E-state index in [2.05, 4.69) is 10.6 Å². The number of benzene rings is 3. The normalized spacial score (nSPS) is 11.2. The van der Waals surface area contributed by atoms with Crippen LogP contribution in [-0.2, 0) is 14.8 Å². The molecule has 0 aromatic heterocycles. The Morgan fingerprint density at radius 1 is 0.886 bits per heavy atom. The van der Waals surface area contributed by atoms with E-state index < -0.39 is 22.5 Å². The molecule has 0 fully saturated rings. The van der Waals surface area contributed by atoms with Gasteiger partial charge < -0.3 is 10.6 Å². The Hall–Kier alpha value is -3.65. The van der Waals surface area contributed by atoms with E-state index in [4.69, 9.17) is 0 Å². The first-order chi connectivity index (χ1) is 16.6. The Labute approximate surface area is 207 Å². The Morgan fingerprint density at radius 2 is 1.54 bits per heavy atom. The Kier molecular flexibility index (Phi) is 8.30. The van der Waals surface area contributed by atoms with E-state index >= 15 is 0 Å². The Morgan fingerprint density at radius 3 is 2.20 bits per heavy atom. The monoisotopic (exact) mass is 493 g/mol. The number of carbonyl (C=O) groups is 2. The van der Waals surface area contributed by atoms with Crippen molar-refractivity contribution in [1.29, 1.82) is 0 Å². The largest absolute Gasteiger partial charge is 0.352 e. The molecule has 0 saturated heterocycles. The second-order valence-electron chi connectivity index (χ2n) is 8.79. The van der Waals surface area contributed by atoms with Gasteiger partial charge in [-0.3, -0.25) is 13.9 Å². The summed E-state index contributed by atoms with van der Waals surface area (Å²) in [5.41, 5.74) is 2.93. The summed E-state index contributed by atoms with van der Waals surface area (Å²) < 4.78 is 28.1. The Balaban J connectivity index is 1.91. The number of nitrogens with one attached hydrogen (secondary N) is 2. The minimum Gasteiger partial charge on any atom is -0.352 e. The highest BCUT2D eigenvalue weighted by molar-refractivity contribution is 7.92. The number of amides is 2. The number of rotatable bonds is 9. The molecule has 35 heavy (non-hydrogen) atoms.